The lowest BCUT2D eigenvalue weighted by atomic mass is 10.2. The number of carboxylic acids is 1. The van der Waals surface area contributed by atoms with Crippen LogP contribution in [0.25, 0.3) is 6.08 Å². The predicted octanol–water partition coefficient (Wildman–Crippen LogP) is 3.00. The molecule has 0 amide bonds. The summed E-state index contributed by atoms with van der Waals surface area (Å²) >= 11 is 5.94. The van der Waals surface area contributed by atoms with E-state index in [1.54, 1.807) is 24.3 Å². The molecule has 0 aliphatic heterocycles. The maximum atomic E-state index is 10.3. The number of halogens is 1. The van der Waals surface area contributed by atoms with E-state index < -0.39 is 5.97 Å². The Bertz CT molecular complexity index is 424. The van der Waals surface area contributed by atoms with E-state index in [4.69, 9.17) is 21.4 Å². The van der Waals surface area contributed by atoms with Crippen LogP contribution in [0.5, 0.6) is 5.75 Å². The highest BCUT2D eigenvalue weighted by molar-refractivity contribution is 6.32. The van der Waals surface area contributed by atoms with Crippen LogP contribution in [0.3, 0.4) is 0 Å². The Balaban J connectivity index is 2.82. The van der Waals surface area contributed by atoms with Crippen molar-refractivity contribution in [3.05, 3.63) is 47.5 Å². The van der Waals surface area contributed by atoms with Crippen molar-refractivity contribution >= 4 is 23.6 Å². The quantitative estimate of drug-likeness (QED) is 0.634. The molecule has 0 aliphatic carbocycles. The van der Waals surface area contributed by atoms with Gasteiger partial charge in [0.05, 0.1) is 5.02 Å². The van der Waals surface area contributed by atoms with Gasteiger partial charge in [-0.25, -0.2) is 4.79 Å². The van der Waals surface area contributed by atoms with Gasteiger partial charge in [0, 0.05) is 6.08 Å². The van der Waals surface area contributed by atoms with Gasteiger partial charge in [0.25, 0.3) is 0 Å². The molecule has 0 aromatic heterocycles. The number of hydrogen-bond donors (Lipinski definition) is 1. The number of aliphatic carboxylic acids is 1. The van der Waals surface area contributed by atoms with Crippen LogP contribution in [0.4, 0.5) is 0 Å². The minimum absolute atomic E-state index is 0.379. The summed E-state index contributed by atoms with van der Waals surface area (Å²) in [6.45, 7) is 3.91. The zero-order valence-corrected chi connectivity index (χ0v) is 9.28. The summed E-state index contributed by atoms with van der Waals surface area (Å²) in [6, 6.07) is 5.05. The van der Waals surface area contributed by atoms with Gasteiger partial charge in [-0.05, 0) is 23.8 Å². The van der Waals surface area contributed by atoms with E-state index in [2.05, 4.69) is 6.58 Å². The zero-order chi connectivity index (χ0) is 12.0. The van der Waals surface area contributed by atoms with Gasteiger partial charge < -0.3 is 9.84 Å². The molecule has 0 fully saturated rings. The van der Waals surface area contributed by atoms with Crippen LogP contribution in [0.15, 0.2) is 36.9 Å². The van der Waals surface area contributed by atoms with Crippen molar-refractivity contribution in [1.82, 2.24) is 0 Å². The fraction of sp³-hybridized carbons (Fsp3) is 0.0833. The molecule has 0 unspecified atom stereocenters. The van der Waals surface area contributed by atoms with Crippen molar-refractivity contribution in [3.63, 3.8) is 0 Å². The van der Waals surface area contributed by atoms with Gasteiger partial charge in [-0.1, -0.05) is 30.3 Å². The molecule has 84 valence electrons. The fourth-order valence-electron chi connectivity index (χ4n) is 1.05. The molecule has 0 saturated heterocycles. The number of rotatable bonds is 5. The Morgan fingerprint density at radius 1 is 1.56 bits per heavy atom. The minimum Gasteiger partial charge on any atom is -0.488 e. The van der Waals surface area contributed by atoms with Crippen molar-refractivity contribution in [2.45, 2.75) is 0 Å². The Kier molecular flexibility index (Phi) is 4.61. The molecular weight excluding hydrogens is 228 g/mol. The third-order valence-electron chi connectivity index (χ3n) is 1.73. The van der Waals surface area contributed by atoms with E-state index in [-0.39, 0.29) is 0 Å². The standard InChI is InChI=1S/C12H11ClO3/c1-2-7-16-11-5-3-9(8-10(11)13)4-6-12(14)15/h2-6,8H,1,7H2,(H,14,15). The summed E-state index contributed by atoms with van der Waals surface area (Å²) in [7, 11) is 0. The van der Waals surface area contributed by atoms with Crippen molar-refractivity contribution in [2.24, 2.45) is 0 Å². The van der Waals surface area contributed by atoms with Crippen LogP contribution >= 0.6 is 11.6 Å². The first-order chi connectivity index (χ1) is 7.63. The molecule has 1 N–H and O–H groups in total. The first-order valence-corrected chi connectivity index (χ1v) is 4.95. The molecule has 0 saturated carbocycles. The molecule has 0 radical (unpaired) electrons. The average Bonchev–Trinajstić information content (AvgIpc) is 2.25. The lowest BCUT2D eigenvalue weighted by Gasteiger charge is -2.05. The summed E-state index contributed by atoms with van der Waals surface area (Å²) < 4.78 is 5.28. The topological polar surface area (TPSA) is 46.5 Å². The minimum atomic E-state index is -0.997. The predicted molar refractivity (Wildman–Crippen MR) is 63.8 cm³/mol. The van der Waals surface area contributed by atoms with Crippen LogP contribution < -0.4 is 4.74 Å². The Morgan fingerprint density at radius 3 is 2.88 bits per heavy atom. The van der Waals surface area contributed by atoms with Crippen molar-refractivity contribution in [3.8, 4) is 5.75 Å². The molecule has 1 rings (SSSR count). The summed E-state index contributed by atoms with van der Waals surface area (Å²) in [5.74, 6) is -0.447. The molecule has 3 nitrogen and oxygen atoms in total. The molecule has 0 spiro atoms. The number of ether oxygens (including phenoxy) is 1. The van der Waals surface area contributed by atoms with E-state index in [1.807, 2.05) is 0 Å². The molecule has 0 heterocycles. The average molecular weight is 239 g/mol. The van der Waals surface area contributed by atoms with Crippen LogP contribution in [-0.2, 0) is 4.79 Å². The zero-order valence-electron chi connectivity index (χ0n) is 8.52. The largest absolute Gasteiger partial charge is 0.488 e. The molecular formula is C12H11ClO3. The normalized spacial score (nSPS) is 10.3. The second-order valence-corrected chi connectivity index (χ2v) is 3.37. The molecule has 0 bridgehead atoms. The number of benzene rings is 1. The Hall–Kier alpha value is -1.74. The second-order valence-electron chi connectivity index (χ2n) is 2.96. The van der Waals surface area contributed by atoms with Crippen LogP contribution in [0.2, 0.25) is 5.02 Å². The monoisotopic (exact) mass is 238 g/mol. The van der Waals surface area contributed by atoms with Crippen molar-refractivity contribution < 1.29 is 14.6 Å². The van der Waals surface area contributed by atoms with Gasteiger partial charge in [0.1, 0.15) is 12.4 Å². The lowest BCUT2D eigenvalue weighted by molar-refractivity contribution is -0.131. The van der Waals surface area contributed by atoms with Crippen LogP contribution in [0, 0.1) is 0 Å². The molecule has 0 aliphatic rings. The third-order valence-corrected chi connectivity index (χ3v) is 2.03. The van der Waals surface area contributed by atoms with Crippen molar-refractivity contribution in [1.29, 1.82) is 0 Å². The van der Waals surface area contributed by atoms with Gasteiger partial charge >= 0.3 is 5.97 Å². The summed E-state index contributed by atoms with van der Waals surface area (Å²) in [6.07, 6.45) is 4.13. The third kappa shape index (κ3) is 3.79. The Labute approximate surface area is 98.6 Å². The highest BCUT2D eigenvalue weighted by Crippen LogP contribution is 2.25. The Morgan fingerprint density at radius 2 is 2.31 bits per heavy atom. The van der Waals surface area contributed by atoms with E-state index in [0.29, 0.717) is 22.9 Å². The maximum Gasteiger partial charge on any atom is 0.328 e. The highest BCUT2D eigenvalue weighted by Gasteiger charge is 2.01. The van der Waals surface area contributed by atoms with E-state index in [1.165, 1.54) is 6.08 Å². The molecule has 16 heavy (non-hydrogen) atoms. The van der Waals surface area contributed by atoms with Gasteiger partial charge in [0.15, 0.2) is 0 Å². The van der Waals surface area contributed by atoms with Gasteiger partial charge in [-0.2, -0.15) is 0 Å². The smallest absolute Gasteiger partial charge is 0.328 e. The molecule has 0 atom stereocenters. The molecule has 1 aromatic rings. The SMILES string of the molecule is C=CCOc1ccc(C=CC(=O)O)cc1Cl. The summed E-state index contributed by atoms with van der Waals surface area (Å²) in [4.78, 5) is 10.3. The van der Waals surface area contributed by atoms with Gasteiger partial charge in [-0.15, -0.1) is 0 Å². The summed E-state index contributed by atoms with van der Waals surface area (Å²) in [5.41, 5.74) is 0.707. The van der Waals surface area contributed by atoms with Gasteiger partial charge in [-0.3, -0.25) is 0 Å². The van der Waals surface area contributed by atoms with E-state index >= 15 is 0 Å². The second kappa shape index (κ2) is 5.98. The highest BCUT2D eigenvalue weighted by atomic mass is 35.5. The molecule has 1 aromatic carbocycles. The van der Waals surface area contributed by atoms with Crippen LogP contribution in [0.1, 0.15) is 5.56 Å². The number of carbonyl (C=O) groups is 1. The van der Waals surface area contributed by atoms with E-state index in [9.17, 15) is 4.79 Å². The number of hydrogen-bond acceptors (Lipinski definition) is 2. The van der Waals surface area contributed by atoms with Crippen molar-refractivity contribution in [2.75, 3.05) is 6.61 Å². The number of carboxylic acid groups (broad SMARTS) is 1. The first-order valence-electron chi connectivity index (χ1n) is 4.57. The summed E-state index contributed by atoms with van der Waals surface area (Å²) in [5, 5.41) is 8.90. The molecule has 4 heteroatoms. The fourth-order valence-corrected chi connectivity index (χ4v) is 1.30. The lowest BCUT2D eigenvalue weighted by Crippen LogP contribution is -1.93. The van der Waals surface area contributed by atoms with E-state index in [0.717, 1.165) is 6.08 Å². The van der Waals surface area contributed by atoms with Gasteiger partial charge in [0.2, 0.25) is 0 Å². The maximum absolute atomic E-state index is 10.3. The first kappa shape index (κ1) is 12.3. The van der Waals surface area contributed by atoms with Crippen LogP contribution in [-0.4, -0.2) is 17.7 Å².